The molecular formula is C19H17N3OS2. The Hall–Kier alpha value is -2.36. The second-order valence-electron chi connectivity index (χ2n) is 5.42. The second kappa shape index (κ2) is 8.65. The van der Waals surface area contributed by atoms with Crippen molar-refractivity contribution in [3.05, 3.63) is 48.3 Å². The molecule has 2 aromatic heterocycles. The SMILES string of the molecule is C#CCCCC(=O)Nc1ccc2nc(SCc3cccnc3)sc2c1. The average Bonchev–Trinajstić information content (AvgIpc) is 3.03. The molecule has 0 unspecified atom stereocenters. The molecule has 6 heteroatoms. The standard InChI is InChI=1S/C19H17N3OS2/c1-2-3-4-7-18(23)21-15-8-9-16-17(11-15)25-19(22-16)24-13-14-6-5-10-20-12-14/h1,5-6,8-12H,3-4,7,13H2,(H,21,23). The van der Waals surface area contributed by atoms with Gasteiger partial charge in [-0.25, -0.2) is 4.98 Å². The number of carbonyl (C=O) groups is 1. The number of nitrogens with zero attached hydrogens (tertiary/aromatic N) is 2. The van der Waals surface area contributed by atoms with Gasteiger partial charge in [-0.3, -0.25) is 9.78 Å². The topological polar surface area (TPSA) is 54.9 Å². The normalized spacial score (nSPS) is 10.5. The number of pyridine rings is 1. The first-order chi connectivity index (χ1) is 12.2. The molecule has 3 rings (SSSR count). The maximum Gasteiger partial charge on any atom is 0.224 e. The Balaban J connectivity index is 1.63. The molecule has 3 aromatic rings. The molecule has 0 saturated heterocycles. The molecule has 25 heavy (non-hydrogen) atoms. The second-order valence-corrected chi connectivity index (χ2v) is 7.67. The van der Waals surface area contributed by atoms with Crippen LogP contribution in [0.4, 0.5) is 5.69 Å². The van der Waals surface area contributed by atoms with Crippen molar-refractivity contribution in [1.82, 2.24) is 9.97 Å². The molecule has 0 aliphatic rings. The van der Waals surface area contributed by atoms with Gasteiger partial charge in [0, 0.05) is 36.7 Å². The van der Waals surface area contributed by atoms with Crippen LogP contribution in [0.2, 0.25) is 0 Å². The summed E-state index contributed by atoms with van der Waals surface area (Å²) in [5.74, 6) is 3.38. The average molecular weight is 367 g/mol. The molecule has 1 amide bonds. The Morgan fingerprint density at radius 1 is 1.36 bits per heavy atom. The van der Waals surface area contributed by atoms with Crippen molar-refractivity contribution in [2.75, 3.05) is 5.32 Å². The zero-order valence-corrected chi connectivity index (χ0v) is 15.2. The third-order valence-corrected chi connectivity index (χ3v) is 5.69. The van der Waals surface area contributed by atoms with Crippen LogP contribution in [0, 0.1) is 12.3 Å². The van der Waals surface area contributed by atoms with Gasteiger partial charge in [0.2, 0.25) is 5.91 Å². The predicted octanol–water partition coefficient (Wildman–Crippen LogP) is 4.73. The largest absolute Gasteiger partial charge is 0.326 e. The van der Waals surface area contributed by atoms with E-state index >= 15 is 0 Å². The van der Waals surface area contributed by atoms with E-state index in [0.717, 1.165) is 26.0 Å². The molecule has 1 N–H and O–H groups in total. The van der Waals surface area contributed by atoms with Gasteiger partial charge in [0.15, 0.2) is 4.34 Å². The quantitative estimate of drug-likeness (QED) is 0.373. The fraction of sp³-hybridized carbons (Fsp3) is 0.211. The molecular weight excluding hydrogens is 350 g/mol. The maximum absolute atomic E-state index is 11.9. The van der Waals surface area contributed by atoms with Crippen molar-refractivity contribution in [2.24, 2.45) is 0 Å². The lowest BCUT2D eigenvalue weighted by molar-refractivity contribution is -0.116. The predicted molar refractivity (Wildman–Crippen MR) is 105 cm³/mol. The minimum Gasteiger partial charge on any atom is -0.326 e. The van der Waals surface area contributed by atoms with Gasteiger partial charge in [0.05, 0.1) is 10.2 Å². The molecule has 0 bridgehead atoms. The van der Waals surface area contributed by atoms with E-state index in [4.69, 9.17) is 6.42 Å². The lowest BCUT2D eigenvalue weighted by Crippen LogP contribution is -2.10. The van der Waals surface area contributed by atoms with Crippen LogP contribution in [0.3, 0.4) is 0 Å². The van der Waals surface area contributed by atoms with Gasteiger partial charge in [-0.05, 0) is 36.2 Å². The number of hydrogen-bond acceptors (Lipinski definition) is 5. The number of thiazole rings is 1. The highest BCUT2D eigenvalue weighted by atomic mass is 32.2. The minimum atomic E-state index is -0.00899. The molecule has 0 aliphatic heterocycles. The summed E-state index contributed by atoms with van der Waals surface area (Å²) in [5, 5.41) is 2.92. The summed E-state index contributed by atoms with van der Waals surface area (Å²) in [4.78, 5) is 20.6. The molecule has 4 nitrogen and oxygen atoms in total. The summed E-state index contributed by atoms with van der Waals surface area (Å²) >= 11 is 3.33. The van der Waals surface area contributed by atoms with Crippen molar-refractivity contribution in [3.8, 4) is 12.3 Å². The van der Waals surface area contributed by atoms with E-state index in [1.807, 2.05) is 30.5 Å². The highest BCUT2D eigenvalue weighted by Crippen LogP contribution is 2.32. The first-order valence-electron chi connectivity index (χ1n) is 7.90. The van der Waals surface area contributed by atoms with Crippen LogP contribution in [0.1, 0.15) is 24.8 Å². The molecule has 0 saturated carbocycles. The number of amides is 1. The van der Waals surface area contributed by atoms with Crippen LogP contribution in [-0.4, -0.2) is 15.9 Å². The fourth-order valence-corrected chi connectivity index (χ4v) is 4.29. The van der Waals surface area contributed by atoms with Gasteiger partial charge in [-0.1, -0.05) is 17.8 Å². The van der Waals surface area contributed by atoms with Crippen LogP contribution >= 0.6 is 23.1 Å². The van der Waals surface area contributed by atoms with Gasteiger partial charge >= 0.3 is 0 Å². The van der Waals surface area contributed by atoms with Crippen molar-refractivity contribution in [1.29, 1.82) is 0 Å². The zero-order chi connectivity index (χ0) is 17.5. The van der Waals surface area contributed by atoms with Gasteiger partial charge in [-0.15, -0.1) is 23.7 Å². The highest BCUT2D eigenvalue weighted by molar-refractivity contribution is 8.00. The number of thioether (sulfide) groups is 1. The maximum atomic E-state index is 11.9. The highest BCUT2D eigenvalue weighted by Gasteiger charge is 2.08. The van der Waals surface area contributed by atoms with Gasteiger partial charge in [0.1, 0.15) is 0 Å². The molecule has 0 atom stereocenters. The van der Waals surface area contributed by atoms with E-state index in [0.29, 0.717) is 19.3 Å². The smallest absolute Gasteiger partial charge is 0.224 e. The van der Waals surface area contributed by atoms with E-state index in [-0.39, 0.29) is 5.91 Å². The first-order valence-corrected chi connectivity index (χ1v) is 9.70. The van der Waals surface area contributed by atoms with Crippen LogP contribution in [0.5, 0.6) is 0 Å². The number of unbranched alkanes of at least 4 members (excludes halogenated alkanes) is 1. The summed E-state index contributed by atoms with van der Waals surface area (Å²) in [6.07, 6.45) is 10.6. The number of nitrogens with one attached hydrogen (secondary N) is 1. The van der Waals surface area contributed by atoms with Crippen LogP contribution in [0.25, 0.3) is 10.2 Å². The lowest BCUT2D eigenvalue weighted by atomic mass is 10.2. The van der Waals surface area contributed by atoms with Gasteiger partial charge in [-0.2, -0.15) is 0 Å². The van der Waals surface area contributed by atoms with Gasteiger partial charge < -0.3 is 5.32 Å². The summed E-state index contributed by atoms with van der Waals surface area (Å²) in [6, 6.07) is 9.79. The molecule has 126 valence electrons. The Kier molecular flexibility index (Phi) is 6.04. The van der Waals surface area contributed by atoms with E-state index < -0.39 is 0 Å². The minimum absolute atomic E-state index is 0.00899. The zero-order valence-electron chi connectivity index (χ0n) is 13.6. The molecule has 2 heterocycles. The molecule has 0 spiro atoms. The van der Waals surface area contributed by atoms with Crippen LogP contribution < -0.4 is 5.32 Å². The Morgan fingerprint density at radius 3 is 3.08 bits per heavy atom. The number of anilines is 1. The van der Waals surface area contributed by atoms with E-state index in [9.17, 15) is 4.79 Å². The van der Waals surface area contributed by atoms with Gasteiger partial charge in [0.25, 0.3) is 0 Å². The first kappa shape index (κ1) is 17.5. The fourth-order valence-electron chi connectivity index (χ4n) is 2.25. The van der Waals surface area contributed by atoms with Crippen LogP contribution in [-0.2, 0) is 10.5 Å². The van der Waals surface area contributed by atoms with Crippen LogP contribution in [0.15, 0.2) is 47.1 Å². The summed E-state index contributed by atoms with van der Waals surface area (Å²) < 4.78 is 2.08. The van der Waals surface area contributed by atoms with Crippen molar-refractivity contribution in [3.63, 3.8) is 0 Å². The number of rotatable bonds is 7. The lowest BCUT2D eigenvalue weighted by Gasteiger charge is -2.04. The Morgan fingerprint density at radius 2 is 2.28 bits per heavy atom. The number of terminal acetylenes is 1. The molecule has 1 aromatic carbocycles. The van der Waals surface area contributed by atoms with E-state index in [1.54, 1.807) is 29.3 Å². The number of benzene rings is 1. The number of carbonyl (C=O) groups excluding carboxylic acids is 1. The van der Waals surface area contributed by atoms with E-state index in [2.05, 4.69) is 27.3 Å². The number of fused-ring (bicyclic) bond motifs is 1. The van der Waals surface area contributed by atoms with Crippen molar-refractivity contribution >= 4 is 44.9 Å². The van der Waals surface area contributed by atoms with Crippen molar-refractivity contribution < 1.29 is 4.79 Å². The Labute approximate surface area is 155 Å². The molecule has 0 radical (unpaired) electrons. The number of hydrogen-bond donors (Lipinski definition) is 1. The summed E-state index contributed by atoms with van der Waals surface area (Å²) in [7, 11) is 0. The third-order valence-electron chi connectivity index (χ3n) is 3.46. The summed E-state index contributed by atoms with van der Waals surface area (Å²) in [6.45, 7) is 0. The third kappa shape index (κ3) is 5.05. The van der Waals surface area contributed by atoms with E-state index in [1.165, 1.54) is 5.56 Å². The monoisotopic (exact) mass is 367 g/mol. The Bertz CT molecular complexity index is 900. The molecule has 0 fully saturated rings. The molecule has 0 aliphatic carbocycles. The van der Waals surface area contributed by atoms with Crippen molar-refractivity contribution in [2.45, 2.75) is 29.4 Å². The number of aromatic nitrogens is 2. The summed E-state index contributed by atoms with van der Waals surface area (Å²) in [5.41, 5.74) is 2.92.